The molecule has 14 heavy (non-hydrogen) atoms. The van der Waals surface area contributed by atoms with Crippen molar-refractivity contribution in [1.29, 1.82) is 0 Å². The molecule has 0 N–H and O–H groups in total. The van der Waals surface area contributed by atoms with Crippen LogP contribution in [-0.2, 0) is 11.2 Å². The molecule has 0 spiro atoms. The molecular weight excluding hydrogens is 178 g/mol. The van der Waals surface area contributed by atoms with E-state index < -0.39 is 0 Å². The Morgan fingerprint density at radius 3 is 3.00 bits per heavy atom. The van der Waals surface area contributed by atoms with E-state index in [0.717, 1.165) is 17.0 Å². The Morgan fingerprint density at radius 2 is 2.29 bits per heavy atom. The number of carbonyl (C=O) groups excluding carboxylic acids is 1. The average Bonchev–Trinajstić information content (AvgIpc) is 2.46. The molecule has 0 aromatic carbocycles. The van der Waals surface area contributed by atoms with E-state index in [9.17, 15) is 4.79 Å². The summed E-state index contributed by atoms with van der Waals surface area (Å²) in [6, 6.07) is 3.81. The summed E-state index contributed by atoms with van der Waals surface area (Å²) in [4.78, 5) is 10.9. The van der Waals surface area contributed by atoms with Crippen molar-refractivity contribution in [3.63, 3.8) is 0 Å². The Balaban J connectivity index is 2.46. The number of aromatic nitrogens is 3. The molecule has 4 heteroatoms. The van der Waals surface area contributed by atoms with E-state index in [1.54, 1.807) is 6.92 Å². The molecule has 0 radical (unpaired) electrons. The highest BCUT2D eigenvalue weighted by atomic mass is 16.1. The summed E-state index contributed by atoms with van der Waals surface area (Å²) in [6.07, 6.45) is 2.35. The van der Waals surface area contributed by atoms with Crippen molar-refractivity contribution < 1.29 is 4.79 Å². The van der Waals surface area contributed by atoms with Crippen molar-refractivity contribution in [2.45, 2.75) is 20.3 Å². The second kappa shape index (κ2) is 3.21. The third-order valence-electron chi connectivity index (χ3n) is 2.10. The number of carbonyl (C=O) groups is 1. The lowest BCUT2D eigenvalue weighted by atomic mass is 10.1. The summed E-state index contributed by atoms with van der Waals surface area (Å²) < 4.78 is 1.89. The van der Waals surface area contributed by atoms with Crippen LogP contribution in [-0.4, -0.2) is 20.4 Å². The largest absolute Gasteiger partial charge is 0.300 e. The minimum atomic E-state index is 0.158. The summed E-state index contributed by atoms with van der Waals surface area (Å²) in [6.45, 7) is 3.48. The number of pyridine rings is 1. The SMILES string of the molecule is CC(=O)Cc1ccn2c(C)nnc2c1. The summed E-state index contributed by atoms with van der Waals surface area (Å²) in [5, 5.41) is 7.93. The Labute approximate surface area is 81.6 Å². The summed E-state index contributed by atoms with van der Waals surface area (Å²) >= 11 is 0. The second-order valence-corrected chi connectivity index (χ2v) is 3.39. The van der Waals surface area contributed by atoms with E-state index in [0.29, 0.717) is 6.42 Å². The molecule has 0 aliphatic carbocycles. The predicted octanol–water partition coefficient (Wildman–Crippen LogP) is 1.17. The minimum absolute atomic E-state index is 0.158. The van der Waals surface area contributed by atoms with E-state index in [4.69, 9.17) is 0 Å². The topological polar surface area (TPSA) is 47.3 Å². The van der Waals surface area contributed by atoms with Crippen molar-refractivity contribution in [2.24, 2.45) is 0 Å². The maximum absolute atomic E-state index is 10.9. The van der Waals surface area contributed by atoms with E-state index in [1.165, 1.54) is 0 Å². The fraction of sp³-hybridized carbons (Fsp3) is 0.300. The molecule has 2 rings (SSSR count). The van der Waals surface area contributed by atoms with Crippen LogP contribution in [0.4, 0.5) is 0 Å². The number of hydrogen-bond acceptors (Lipinski definition) is 3. The third-order valence-corrected chi connectivity index (χ3v) is 2.10. The molecule has 72 valence electrons. The molecular formula is C10H11N3O. The van der Waals surface area contributed by atoms with Crippen LogP contribution >= 0.6 is 0 Å². The maximum Gasteiger partial charge on any atom is 0.161 e. The van der Waals surface area contributed by atoms with Crippen LogP contribution in [0.25, 0.3) is 5.65 Å². The highest BCUT2D eigenvalue weighted by Gasteiger charge is 2.02. The van der Waals surface area contributed by atoms with E-state index in [2.05, 4.69) is 10.2 Å². The molecule has 0 aliphatic heterocycles. The summed E-state index contributed by atoms with van der Waals surface area (Å²) in [5.74, 6) is 1.01. The molecule has 0 amide bonds. The molecule has 4 nitrogen and oxygen atoms in total. The number of Topliss-reactive ketones (excluding diaryl/α,β-unsaturated/α-hetero) is 1. The van der Waals surface area contributed by atoms with Gasteiger partial charge in [0.25, 0.3) is 0 Å². The first-order valence-electron chi connectivity index (χ1n) is 4.46. The molecule has 0 unspecified atom stereocenters. The van der Waals surface area contributed by atoms with Gasteiger partial charge in [0.1, 0.15) is 11.6 Å². The van der Waals surface area contributed by atoms with Gasteiger partial charge in [-0.15, -0.1) is 10.2 Å². The number of ketones is 1. The van der Waals surface area contributed by atoms with Crippen LogP contribution in [0.5, 0.6) is 0 Å². The molecule has 0 saturated heterocycles. The molecule has 0 saturated carbocycles. The predicted molar refractivity (Wildman–Crippen MR) is 52.1 cm³/mol. The normalized spacial score (nSPS) is 10.7. The molecule has 2 aromatic rings. The van der Waals surface area contributed by atoms with Gasteiger partial charge in [-0.1, -0.05) is 0 Å². The standard InChI is InChI=1S/C10H11N3O/c1-7(14)5-9-3-4-13-8(2)11-12-10(13)6-9/h3-4,6H,5H2,1-2H3. The van der Waals surface area contributed by atoms with Gasteiger partial charge in [-0.25, -0.2) is 0 Å². The molecule has 0 fully saturated rings. The Bertz CT molecular complexity index is 487. The van der Waals surface area contributed by atoms with Crippen LogP contribution < -0.4 is 0 Å². The quantitative estimate of drug-likeness (QED) is 0.712. The van der Waals surface area contributed by atoms with Gasteiger partial charge in [0, 0.05) is 12.6 Å². The number of nitrogens with zero attached hydrogens (tertiary/aromatic N) is 3. The number of fused-ring (bicyclic) bond motifs is 1. The molecule has 0 aliphatic rings. The summed E-state index contributed by atoms with van der Waals surface area (Å²) in [7, 11) is 0. The molecule has 2 aromatic heterocycles. The lowest BCUT2D eigenvalue weighted by molar-refractivity contribution is -0.116. The third kappa shape index (κ3) is 1.51. The monoisotopic (exact) mass is 189 g/mol. The van der Waals surface area contributed by atoms with Gasteiger partial charge >= 0.3 is 0 Å². The number of rotatable bonds is 2. The Hall–Kier alpha value is -1.71. The fourth-order valence-electron chi connectivity index (χ4n) is 1.45. The van der Waals surface area contributed by atoms with Crippen molar-refractivity contribution in [2.75, 3.05) is 0 Å². The van der Waals surface area contributed by atoms with Crippen molar-refractivity contribution in [1.82, 2.24) is 14.6 Å². The van der Waals surface area contributed by atoms with Crippen molar-refractivity contribution in [3.05, 3.63) is 29.7 Å². The Kier molecular flexibility index (Phi) is 2.04. The zero-order valence-electron chi connectivity index (χ0n) is 8.19. The summed E-state index contributed by atoms with van der Waals surface area (Å²) in [5.41, 5.74) is 1.78. The first-order valence-corrected chi connectivity index (χ1v) is 4.46. The van der Waals surface area contributed by atoms with Crippen LogP contribution in [0.15, 0.2) is 18.3 Å². The van der Waals surface area contributed by atoms with Crippen molar-refractivity contribution >= 4 is 11.4 Å². The maximum atomic E-state index is 10.9. The second-order valence-electron chi connectivity index (χ2n) is 3.39. The van der Waals surface area contributed by atoms with Crippen LogP contribution in [0, 0.1) is 6.92 Å². The van der Waals surface area contributed by atoms with Gasteiger partial charge in [-0.2, -0.15) is 0 Å². The van der Waals surface area contributed by atoms with Gasteiger partial charge in [-0.3, -0.25) is 9.20 Å². The lowest BCUT2D eigenvalue weighted by Crippen LogP contribution is -1.97. The van der Waals surface area contributed by atoms with E-state index >= 15 is 0 Å². The smallest absolute Gasteiger partial charge is 0.161 e. The van der Waals surface area contributed by atoms with E-state index in [1.807, 2.05) is 29.7 Å². The minimum Gasteiger partial charge on any atom is -0.300 e. The van der Waals surface area contributed by atoms with E-state index in [-0.39, 0.29) is 5.78 Å². The molecule has 2 heterocycles. The molecule has 0 atom stereocenters. The first-order chi connectivity index (χ1) is 6.66. The number of hydrogen-bond donors (Lipinski definition) is 0. The van der Waals surface area contributed by atoms with Gasteiger partial charge in [0.05, 0.1) is 0 Å². The van der Waals surface area contributed by atoms with Crippen LogP contribution in [0.1, 0.15) is 18.3 Å². The van der Waals surface area contributed by atoms with Gasteiger partial charge in [-0.05, 0) is 31.5 Å². The average molecular weight is 189 g/mol. The van der Waals surface area contributed by atoms with Gasteiger partial charge < -0.3 is 0 Å². The van der Waals surface area contributed by atoms with Crippen LogP contribution in [0.3, 0.4) is 0 Å². The molecule has 0 bridgehead atoms. The fourth-order valence-corrected chi connectivity index (χ4v) is 1.45. The zero-order chi connectivity index (χ0) is 10.1. The lowest BCUT2D eigenvalue weighted by Gasteiger charge is -1.98. The van der Waals surface area contributed by atoms with Gasteiger partial charge in [0.2, 0.25) is 0 Å². The van der Waals surface area contributed by atoms with Crippen molar-refractivity contribution in [3.8, 4) is 0 Å². The highest BCUT2D eigenvalue weighted by Crippen LogP contribution is 2.07. The highest BCUT2D eigenvalue weighted by molar-refractivity contribution is 5.78. The van der Waals surface area contributed by atoms with Crippen LogP contribution in [0.2, 0.25) is 0 Å². The zero-order valence-corrected chi connectivity index (χ0v) is 8.19. The first kappa shape index (κ1) is 8.87. The van der Waals surface area contributed by atoms with Gasteiger partial charge in [0.15, 0.2) is 5.65 Å². The Morgan fingerprint density at radius 1 is 1.50 bits per heavy atom. The number of aryl methyl sites for hydroxylation is 1.